The van der Waals surface area contributed by atoms with E-state index in [1.54, 1.807) is 0 Å². The lowest BCUT2D eigenvalue weighted by Crippen LogP contribution is -2.51. The third-order valence-electron chi connectivity index (χ3n) is 4.40. The zero-order chi connectivity index (χ0) is 13.3. The maximum atomic E-state index is 12.6. The number of halogens is 3. The first-order valence-corrected chi connectivity index (χ1v) is 6.92. The Labute approximate surface area is 107 Å². The minimum Gasteiger partial charge on any atom is -0.312 e. The van der Waals surface area contributed by atoms with Crippen LogP contribution < -0.4 is 10.6 Å². The third-order valence-corrected chi connectivity index (χ3v) is 4.40. The second kappa shape index (κ2) is 5.37. The van der Waals surface area contributed by atoms with Crippen molar-refractivity contribution in [1.29, 1.82) is 0 Å². The van der Waals surface area contributed by atoms with Crippen LogP contribution in [-0.2, 0) is 0 Å². The van der Waals surface area contributed by atoms with E-state index in [0.29, 0.717) is 36.9 Å². The zero-order valence-electron chi connectivity index (χ0n) is 11.1. The summed E-state index contributed by atoms with van der Waals surface area (Å²) in [6, 6.07) is -0.316. The summed E-state index contributed by atoms with van der Waals surface area (Å²) in [5.41, 5.74) is 0. The van der Waals surface area contributed by atoms with Gasteiger partial charge in [-0.1, -0.05) is 0 Å². The second-order valence-electron chi connectivity index (χ2n) is 6.04. The molecule has 2 rings (SSSR count). The molecule has 0 spiro atoms. The molecule has 4 atom stereocenters. The van der Waals surface area contributed by atoms with Crippen LogP contribution in [0.1, 0.15) is 39.5 Å². The van der Waals surface area contributed by atoms with E-state index in [1.165, 1.54) is 0 Å². The van der Waals surface area contributed by atoms with Gasteiger partial charge in [0.2, 0.25) is 0 Å². The first-order chi connectivity index (χ1) is 8.36. The minimum absolute atomic E-state index is 0.237. The molecular weight excluding hydrogens is 241 g/mol. The molecule has 2 fully saturated rings. The molecule has 2 saturated heterocycles. The normalized spacial score (nSPS) is 42.8. The quantitative estimate of drug-likeness (QED) is 0.761. The van der Waals surface area contributed by atoms with E-state index in [0.717, 1.165) is 12.8 Å². The fourth-order valence-corrected chi connectivity index (χ4v) is 3.57. The zero-order valence-corrected chi connectivity index (χ0v) is 11.1. The Bertz CT molecular complexity index is 262. The van der Waals surface area contributed by atoms with Crippen LogP contribution in [0, 0.1) is 11.8 Å². The van der Waals surface area contributed by atoms with Crippen LogP contribution in [-0.4, -0.2) is 30.8 Å². The molecule has 0 aromatic carbocycles. The predicted molar refractivity (Wildman–Crippen MR) is 65.4 cm³/mol. The lowest BCUT2D eigenvalue weighted by molar-refractivity contribution is -0.163. The van der Waals surface area contributed by atoms with Crippen molar-refractivity contribution in [1.82, 2.24) is 10.6 Å². The average molecular weight is 264 g/mol. The van der Waals surface area contributed by atoms with E-state index in [1.807, 2.05) is 0 Å². The highest BCUT2D eigenvalue weighted by molar-refractivity contribution is 4.90. The predicted octanol–water partition coefficient (Wildman–Crippen LogP) is 2.69. The van der Waals surface area contributed by atoms with Gasteiger partial charge in [0.25, 0.3) is 0 Å². The molecule has 2 nitrogen and oxygen atoms in total. The molecule has 106 valence electrons. The van der Waals surface area contributed by atoms with Crippen LogP contribution in [0.4, 0.5) is 13.2 Å². The van der Waals surface area contributed by atoms with Gasteiger partial charge in [0.15, 0.2) is 0 Å². The molecule has 2 N–H and O–H groups in total. The van der Waals surface area contributed by atoms with E-state index in [2.05, 4.69) is 24.5 Å². The van der Waals surface area contributed by atoms with Crippen LogP contribution in [0.2, 0.25) is 0 Å². The van der Waals surface area contributed by atoms with Gasteiger partial charge in [-0.2, -0.15) is 13.2 Å². The van der Waals surface area contributed by atoms with Gasteiger partial charge >= 0.3 is 6.18 Å². The van der Waals surface area contributed by atoms with E-state index >= 15 is 0 Å². The fourth-order valence-electron chi connectivity index (χ4n) is 3.57. The molecule has 0 saturated carbocycles. The molecule has 5 heteroatoms. The van der Waals surface area contributed by atoms with Gasteiger partial charge in [-0.05, 0) is 57.9 Å². The summed E-state index contributed by atoms with van der Waals surface area (Å²) in [6.07, 6.45) is -0.956. The Kier molecular flexibility index (Phi) is 4.22. The minimum atomic E-state index is -4.08. The number of piperidine rings is 2. The van der Waals surface area contributed by atoms with Gasteiger partial charge in [-0.25, -0.2) is 0 Å². The highest BCUT2D eigenvalue weighted by Gasteiger charge is 2.43. The van der Waals surface area contributed by atoms with Crippen LogP contribution in [0.5, 0.6) is 0 Å². The highest BCUT2D eigenvalue weighted by Crippen LogP contribution is 2.35. The van der Waals surface area contributed by atoms with Crippen LogP contribution in [0.3, 0.4) is 0 Å². The summed E-state index contributed by atoms with van der Waals surface area (Å²) in [7, 11) is 0. The van der Waals surface area contributed by atoms with E-state index in [4.69, 9.17) is 0 Å². The van der Waals surface area contributed by atoms with Crippen LogP contribution in [0.25, 0.3) is 0 Å². The molecule has 4 unspecified atom stereocenters. The molecule has 0 bridgehead atoms. The van der Waals surface area contributed by atoms with Gasteiger partial charge < -0.3 is 10.6 Å². The smallest absolute Gasteiger partial charge is 0.312 e. The topological polar surface area (TPSA) is 24.1 Å². The molecular formula is C13H23F3N2. The molecule has 0 aliphatic carbocycles. The molecule has 2 heterocycles. The van der Waals surface area contributed by atoms with Gasteiger partial charge in [0.05, 0.1) is 0 Å². The summed E-state index contributed by atoms with van der Waals surface area (Å²) < 4.78 is 37.7. The molecule has 0 aromatic heterocycles. The van der Waals surface area contributed by atoms with Gasteiger partial charge in [-0.3, -0.25) is 0 Å². The Hall–Kier alpha value is -0.290. The maximum absolute atomic E-state index is 12.6. The Morgan fingerprint density at radius 2 is 1.56 bits per heavy atom. The van der Waals surface area contributed by atoms with Gasteiger partial charge in [0.1, 0.15) is 6.04 Å². The molecule has 18 heavy (non-hydrogen) atoms. The van der Waals surface area contributed by atoms with Crippen molar-refractivity contribution in [3.63, 3.8) is 0 Å². The SMILES string of the molecule is CC1CC(C2CCC(C(F)(F)F)NC2)CC(C)N1. The first-order valence-electron chi connectivity index (χ1n) is 6.92. The molecule has 0 radical (unpaired) electrons. The lowest BCUT2D eigenvalue weighted by atomic mass is 9.76. The van der Waals surface area contributed by atoms with Crippen LogP contribution in [0.15, 0.2) is 0 Å². The largest absolute Gasteiger partial charge is 0.403 e. The summed E-state index contributed by atoms with van der Waals surface area (Å²) in [6.45, 7) is 4.85. The van der Waals surface area contributed by atoms with E-state index in [9.17, 15) is 13.2 Å². The Morgan fingerprint density at radius 1 is 0.944 bits per heavy atom. The van der Waals surface area contributed by atoms with Crippen molar-refractivity contribution >= 4 is 0 Å². The fraction of sp³-hybridized carbons (Fsp3) is 1.00. The van der Waals surface area contributed by atoms with Crippen LogP contribution >= 0.6 is 0 Å². The highest BCUT2D eigenvalue weighted by atomic mass is 19.4. The monoisotopic (exact) mass is 264 g/mol. The van der Waals surface area contributed by atoms with Gasteiger partial charge in [0, 0.05) is 12.1 Å². The van der Waals surface area contributed by atoms with Crippen molar-refractivity contribution in [2.45, 2.75) is 63.8 Å². The third kappa shape index (κ3) is 3.38. The Morgan fingerprint density at radius 3 is 2.00 bits per heavy atom. The number of rotatable bonds is 1. The number of nitrogens with one attached hydrogen (secondary N) is 2. The van der Waals surface area contributed by atoms with Crippen molar-refractivity contribution in [2.24, 2.45) is 11.8 Å². The number of alkyl halides is 3. The summed E-state index contributed by atoms with van der Waals surface area (Å²) in [5.74, 6) is 0.980. The van der Waals surface area contributed by atoms with Crippen molar-refractivity contribution in [2.75, 3.05) is 6.54 Å². The Balaban J connectivity index is 1.86. The van der Waals surface area contributed by atoms with Crippen molar-refractivity contribution in [3.8, 4) is 0 Å². The molecule has 2 aliphatic rings. The number of hydrogen-bond acceptors (Lipinski definition) is 2. The van der Waals surface area contributed by atoms with E-state index in [-0.39, 0.29) is 6.42 Å². The van der Waals surface area contributed by atoms with Crippen molar-refractivity contribution < 1.29 is 13.2 Å². The summed E-state index contributed by atoms with van der Waals surface area (Å²) in [5, 5.41) is 6.17. The molecule has 0 amide bonds. The second-order valence-corrected chi connectivity index (χ2v) is 6.04. The van der Waals surface area contributed by atoms with Gasteiger partial charge in [-0.15, -0.1) is 0 Å². The standard InChI is InChI=1S/C13H23F3N2/c1-8-5-11(6-9(2)18-8)10-3-4-12(17-7-10)13(14,15)16/h8-12,17-18H,3-7H2,1-2H3. The van der Waals surface area contributed by atoms with E-state index < -0.39 is 12.2 Å². The molecule has 2 aliphatic heterocycles. The lowest BCUT2D eigenvalue weighted by Gasteiger charge is -2.41. The summed E-state index contributed by atoms with van der Waals surface area (Å²) in [4.78, 5) is 0. The molecule has 0 aromatic rings. The average Bonchev–Trinajstić information content (AvgIpc) is 2.27. The summed E-state index contributed by atoms with van der Waals surface area (Å²) >= 11 is 0. The number of hydrogen-bond donors (Lipinski definition) is 2. The first kappa shape index (κ1) is 14.1. The maximum Gasteiger partial charge on any atom is 0.403 e. The van der Waals surface area contributed by atoms with Crippen molar-refractivity contribution in [3.05, 3.63) is 0 Å².